The van der Waals surface area contributed by atoms with Gasteiger partial charge in [-0.2, -0.15) is 0 Å². The molecular weight excluding hydrogens is 390 g/mol. The van der Waals surface area contributed by atoms with Crippen LogP contribution in [0.2, 0.25) is 5.02 Å². The lowest BCUT2D eigenvalue weighted by Gasteiger charge is -2.15. The first-order valence-corrected chi connectivity index (χ1v) is 10.2. The van der Waals surface area contributed by atoms with Crippen molar-refractivity contribution in [3.8, 4) is 5.75 Å². The molecule has 2 rings (SSSR count). The van der Waals surface area contributed by atoms with Gasteiger partial charge in [-0.05, 0) is 68.8 Å². The van der Waals surface area contributed by atoms with Crippen LogP contribution in [0.3, 0.4) is 0 Å². The number of likely N-dealkylation sites (N-methyl/N-ethyl adjacent to an activating group) is 1. The fourth-order valence-corrected chi connectivity index (χ4v) is 3.11. The SMILES string of the molecule is CC[NH+](CC)CCNC(=O)c1ccc(NC(=O)COc2ccc(Cl)cc2C)cc1. The molecule has 29 heavy (non-hydrogen) atoms. The Morgan fingerprint density at radius 3 is 2.38 bits per heavy atom. The zero-order valence-electron chi connectivity index (χ0n) is 17.2. The van der Waals surface area contributed by atoms with Crippen molar-refractivity contribution in [3.05, 3.63) is 58.6 Å². The monoisotopic (exact) mass is 418 g/mol. The quantitative estimate of drug-likeness (QED) is 0.554. The second kappa shape index (κ2) is 11.4. The van der Waals surface area contributed by atoms with Crippen LogP contribution in [0.5, 0.6) is 5.75 Å². The number of rotatable bonds is 10. The van der Waals surface area contributed by atoms with Gasteiger partial charge in [0.25, 0.3) is 11.8 Å². The first-order chi connectivity index (χ1) is 13.9. The van der Waals surface area contributed by atoms with Crippen molar-refractivity contribution in [2.75, 3.05) is 38.1 Å². The summed E-state index contributed by atoms with van der Waals surface area (Å²) in [5.74, 6) is 0.220. The van der Waals surface area contributed by atoms with E-state index in [-0.39, 0.29) is 18.4 Å². The summed E-state index contributed by atoms with van der Waals surface area (Å²) in [7, 11) is 0. The van der Waals surface area contributed by atoms with Crippen LogP contribution in [0.25, 0.3) is 0 Å². The number of ether oxygens (including phenoxy) is 1. The average molecular weight is 419 g/mol. The molecule has 2 aromatic rings. The highest BCUT2D eigenvalue weighted by atomic mass is 35.5. The van der Waals surface area contributed by atoms with E-state index < -0.39 is 0 Å². The normalized spacial score (nSPS) is 10.7. The van der Waals surface area contributed by atoms with Gasteiger partial charge in [0, 0.05) is 16.3 Å². The maximum Gasteiger partial charge on any atom is 0.262 e. The number of carbonyl (C=O) groups is 2. The summed E-state index contributed by atoms with van der Waals surface area (Å²) in [6.45, 7) is 9.65. The number of hydrogen-bond donors (Lipinski definition) is 3. The summed E-state index contributed by atoms with van der Waals surface area (Å²) in [5.41, 5.74) is 2.03. The number of hydrogen-bond acceptors (Lipinski definition) is 3. The van der Waals surface area contributed by atoms with Crippen LogP contribution in [0, 0.1) is 6.92 Å². The van der Waals surface area contributed by atoms with E-state index in [9.17, 15) is 9.59 Å². The van der Waals surface area contributed by atoms with Gasteiger partial charge < -0.3 is 20.3 Å². The number of halogens is 1. The third-order valence-corrected chi connectivity index (χ3v) is 4.93. The molecular formula is C22H29ClN3O3+. The molecule has 156 valence electrons. The fraction of sp³-hybridized carbons (Fsp3) is 0.364. The number of benzene rings is 2. The van der Waals surface area contributed by atoms with Gasteiger partial charge in [-0.25, -0.2) is 0 Å². The number of amides is 2. The largest absolute Gasteiger partial charge is 0.483 e. The van der Waals surface area contributed by atoms with Crippen LogP contribution in [0.1, 0.15) is 29.8 Å². The lowest BCUT2D eigenvalue weighted by atomic mass is 10.2. The molecule has 0 unspecified atom stereocenters. The van der Waals surface area contributed by atoms with Crippen LogP contribution in [-0.2, 0) is 4.79 Å². The number of quaternary nitrogens is 1. The number of aryl methyl sites for hydroxylation is 1. The van der Waals surface area contributed by atoms with Crippen LogP contribution in [0.15, 0.2) is 42.5 Å². The maximum atomic E-state index is 12.2. The molecule has 0 saturated heterocycles. The van der Waals surface area contributed by atoms with Crippen molar-refractivity contribution in [1.82, 2.24) is 5.32 Å². The number of nitrogens with one attached hydrogen (secondary N) is 3. The minimum absolute atomic E-state index is 0.113. The Bertz CT molecular complexity index is 821. The Morgan fingerprint density at radius 1 is 1.07 bits per heavy atom. The fourth-order valence-electron chi connectivity index (χ4n) is 2.88. The third kappa shape index (κ3) is 7.40. The number of carbonyl (C=O) groups excluding carboxylic acids is 2. The van der Waals surface area contributed by atoms with Crippen molar-refractivity contribution in [2.45, 2.75) is 20.8 Å². The van der Waals surface area contributed by atoms with E-state index in [1.54, 1.807) is 42.5 Å². The molecule has 0 atom stereocenters. The summed E-state index contributed by atoms with van der Waals surface area (Å²) in [6, 6.07) is 12.0. The van der Waals surface area contributed by atoms with E-state index in [2.05, 4.69) is 24.5 Å². The molecule has 0 bridgehead atoms. The van der Waals surface area contributed by atoms with Crippen molar-refractivity contribution in [1.29, 1.82) is 0 Å². The molecule has 7 heteroatoms. The predicted octanol–water partition coefficient (Wildman–Crippen LogP) is 2.32. The van der Waals surface area contributed by atoms with Gasteiger partial charge in [-0.1, -0.05) is 11.6 Å². The summed E-state index contributed by atoms with van der Waals surface area (Å²) in [6.07, 6.45) is 0. The highest BCUT2D eigenvalue weighted by Gasteiger charge is 2.09. The molecule has 0 aliphatic heterocycles. The van der Waals surface area contributed by atoms with E-state index in [4.69, 9.17) is 16.3 Å². The maximum absolute atomic E-state index is 12.2. The molecule has 0 aromatic heterocycles. The molecule has 0 saturated carbocycles. The van der Waals surface area contributed by atoms with Crippen molar-refractivity contribution in [3.63, 3.8) is 0 Å². The average Bonchev–Trinajstić information content (AvgIpc) is 2.71. The molecule has 0 fully saturated rings. The molecule has 0 radical (unpaired) electrons. The predicted molar refractivity (Wildman–Crippen MR) is 116 cm³/mol. The topological polar surface area (TPSA) is 71.9 Å². The van der Waals surface area contributed by atoms with Crippen molar-refractivity contribution >= 4 is 29.1 Å². The van der Waals surface area contributed by atoms with Crippen LogP contribution in [-0.4, -0.2) is 44.6 Å². The molecule has 2 aromatic carbocycles. The zero-order valence-corrected chi connectivity index (χ0v) is 17.9. The third-order valence-electron chi connectivity index (χ3n) is 4.69. The van der Waals surface area contributed by atoms with E-state index in [0.29, 0.717) is 28.6 Å². The van der Waals surface area contributed by atoms with E-state index in [1.165, 1.54) is 4.90 Å². The Hall–Kier alpha value is -2.57. The Labute approximate surface area is 177 Å². The zero-order chi connectivity index (χ0) is 21.2. The minimum Gasteiger partial charge on any atom is -0.483 e. The summed E-state index contributed by atoms with van der Waals surface area (Å²) >= 11 is 5.91. The van der Waals surface area contributed by atoms with Gasteiger partial charge in [0.2, 0.25) is 0 Å². The molecule has 3 N–H and O–H groups in total. The van der Waals surface area contributed by atoms with Crippen LogP contribution >= 0.6 is 11.6 Å². The summed E-state index contributed by atoms with van der Waals surface area (Å²) in [5, 5.41) is 6.31. The molecule has 0 aliphatic carbocycles. The molecule has 0 spiro atoms. The molecule has 2 amide bonds. The second-order valence-electron chi connectivity index (χ2n) is 6.79. The lowest BCUT2D eigenvalue weighted by molar-refractivity contribution is -0.895. The minimum atomic E-state index is -0.279. The Balaban J connectivity index is 1.80. The highest BCUT2D eigenvalue weighted by Crippen LogP contribution is 2.21. The first-order valence-electron chi connectivity index (χ1n) is 9.83. The van der Waals surface area contributed by atoms with Gasteiger partial charge in [-0.15, -0.1) is 0 Å². The van der Waals surface area contributed by atoms with Crippen LogP contribution in [0.4, 0.5) is 5.69 Å². The van der Waals surface area contributed by atoms with Gasteiger partial charge in [-0.3, -0.25) is 9.59 Å². The number of anilines is 1. The van der Waals surface area contributed by atoms with Gasteiger partial charge in [0.05, 0.1) is 26.2 Å². The van der Waals surface area contributed by atoms with Gasteiger partial charge in [0.15, 0.2) is 6.61 Å². The van der Waals surface area contributed by atoms with Gasteiger partial charge >= 0.3 is 0 Å². The standard InChI is InChI=1S/C22H28ClN3O3/c1-4-26(5-2)13-12-24-22(28)17-6-9-19(10-7-17)25-21(27)15-29-20-11-8-18(23)14-16(20)3/h6-11,14H,4-5,12-13,15H2,1-3H3,(H,24,28)(H,25,27)/p+1. The second-order valence-corrected chi connectivity index (χ2v) is 7.22. The van der Waals surface area contributed by atoms with E-state index in [0.717, 1.165) is 25.2 Å². The first kappa shape index (κ1) is 22.7. The Morgan fingerprint density at radius 2 is 1.76 bits per heavy atom. The highest BCUT2D eigenvalue weighted by molar-refractivity contribution is 6.30. The smallest absolute Gasteiger partial charge is 0.262 e. The molecule has 6 nitrogen and oxygen atoms in total. The van der Waals surface area contributed by atoms with E-state index >= 15 is 0 Å². The van der Waals surface area contributed by atoms with Crippen LogP contribution < -0.4 is 20.3 Å². The summed E-state index contributed by atoms with van der Waals surface area (Å²) < 4.78 is 5.53. The van der Waals surface area contributed by atoms with E-state index in [1.807, 2.05) is 6.92 Å². The molecule has 0 heterocycles. The van der Waals surface area contributed by atoms with Crippen molar-refractivity contribution < 1.29 is 19.2 Å². The summed E-state index contributed by atoms with van der Waals surface area (Å²) in [4.78, 5) is 25.8. The lowest BCUT2D eigenvalue weighted by Crippen LogP contribution is -3.12. The van der Waals surface area contributed by atoms with Crippen molar-refractivity contribution in [2.24, 2.45) is 0 Å². The van der Waals surface area contributed by atoms with Gasteiger partial charge in [0.1, 0.15) is 5.75 Å². The molecule has 0 aliphatic rings. The Kier molecular flexibility index (Phi) is 8.96.